The number of nitrogens with zero attached hydrogens (tertiary/aromatic N) is 1. The normalized spacial score (nSPS) is 10.5. The number of nitrogens with two attached hydrogens (primary N) is 1. The van der Waals surface area contributed by atoms with E-state index in [-0.39, 0.29) is 12.5 Å². The second kappa shape index (κ2) is 9.36. The van der Waals surface area contributed by atoms with Gasteiger partial charge in [0, 0.05) is 17.1 Å². The Hall–Kier alpha value is -4.11. The van der Waals surface area contributed by atoms with Crippen LogP contribution < -0.4 is 20.5 Å². The third-order valence-corrected chi connectivity index (χ3v) is 5.20. The number of carbonyl (C=O) groups is 2. The van der Waals surface area contributed by atoms with Crippen molar-refractivity contribution in [2.75, 3.05) is 11.9 Å². The fraction of sp³-hybridized carbons (Fsp3) is 0.0870. The van der Waals surface area contributed by atoms with Crippen molar-refractivity contribution in [3.8, 4) is 28.5 Å². The molecule has 0 atom stereocenters. The van der Waals surface area contributed by atoms with Crippen LogP contribution in [0.15, 0.2) is 66.2 Å². The predicted molar refractivity (Wildman–Crippen MR) is 122 cm³/mol. The summed E-state index contributed by atoms with van der Waals surface area (Å²) in [5.41, 5.74) is 8.03. The Morgan fingerprint density at radius 1 is 1.06 bits per heavy atom. The van der Waals surface area contributed by atoms with Crippen LogP contribution in [0.4, 0.5) is 5.13 Å². The van der Waals surface area contributed by atoms with E-state index in [4.69, 9.17) is 15.2 Å². The first-order chi connectivity index (χ1) is 15.5. The summed E-state index contributed by atoms with van der Waals surface area (Å²) in [5, 5.41) is 4.90. The Labute approximate surface area is 188 Å². The van der Waals surface area contributed by atoms with Gasteiger partial charge in [-0.05, 0) is 49.4 Å². The summed E-state index contributed by atoms with van der Waals surface area (Å²) in [6.45, 7) is 1.85. The molecule has 4 N–H and O–H groups in total. The molecule has 0 aliphatic carbocycles. The Morgan fingerprint density at radius 3 is 2.38 bits per heavy atom. The third kappa shape index (κ3) is 5.32. The summed E-state index contributed by atoms with van der Waals surface area (Å²) >= 11 is 1.27. The molecular formula is C23H20N4O4S. The summed E-state index contributed by atoms with van der Waals surface area (Å²) in [7, 11) is 0. The van der Waals surface area contributed by atoms with Gasteiger partial charge in [0.2, 0.25) is 0 Å². The Bertz CT molecular complexity index is 1230. The van der Waals surface area contributed by atoms with Crippen molar-refractivity contribution in [1.82, 2.24) is 9.97 Å². The molecule has 32 heavy (non-hydrogen) atoms. The van der Waals surface area contributed by atoms with E-state index in [9.17, 15) is 9.59 Å². The molecule has 0 bridgehead atoms. The third-order valence-electron chi connectivity index (χ3n) is 4.45. The van der Waals surface area contributed by atoms with E-state index in [1.165, 1.54) is 11.3 Å². The number of carbonyl (C=O) groups excluding carboxylic acids is 2. The molecule has 4 aromatic rings. The zero-order valence-electron chi connectivity index (χ0n) is 17.1. The van der Waals surface area contributed by atoms with Gasteiger partial charge < -0.3 is 20.2 Å². The number of nitrogens with one attached hydrogen (secondary N) is 2. The van der Waals surface area contributed by atoms with Crippen LogP contribution in [0.5, 0.6) is 17.2 Å². The van der Waals surface area contributed by atoms with Crippen molar-refractivity contribution in [2.45, 2.75) is 6.92 Å². The van der Waals surface area contributed by atoms with Gasteiger partial charge in [-0.3, -0.25) is 14.9 Å². The highest BCUT2D eigenvalue weighted by molar-refractivity contribution is 7.14. The van der Waals surface area contributed by atoms with Gasteiger partial charge in [0.15, 0.2) is 11.7 Å². The molecule has 2 amide bonds. The molecule has 2 aromatic heterocycles. The summed E-state index contributed by atoms with van der Waals surface area (Å²) in [5.74, 6) is 1.08. The van der Waals surface area contributed by atoms with E-state index in [0.717, 1.165) is 11.3 Å². The lowest BCUT2D eigenvalue weighted by Crippen LogP contribution is -2.20. The van der Waals surface area contributed by atoms with Crippen LogP contribution in [0.25, 0.3) is 11.3 Å². The first kappa shape index (κ1) is 21.1. The quantitative estimate of drug-likeness (QED) is 0.370. The number of benzene rings is 2. The first-order valence-corrected chi connectivity index (χ1v) is 10.6. The lowest BCUT2D eigenvalue weighted by Gasteiger charge is -2.08. The maximum atomic E-state index is 12.2. The number of thiazole rings is 1. The lowest BCUT2D eigenvalue weighted by molar-refractivity contribution is -0.118. The van der Waals surface area contributed by atoms with E-state index < -0.39 is 5.91 Å². The van der Waals surface area contributed by atoms with E-state index in [1.54, 1.807) is 41.9 Å². The summed E-state index contributed by atoms with van der Waals surface area (Å²) in [6.07, 6.45) is 1.63. The zero-order valence-corrected chi connectivity index (χ0v) is 17.9. The number of hydrogen-bond acceptors (Lipinski definition) is 6. The standard InChI is InChI=1S/C23H20N4O4S/c1-14-2-4-17(5-3-14)31-18-8-6-16(7-9-18)30-12-21(28)27-23-26-20(13-32-23)15-10-19(22(24)29)25-11-15/h2-11,13,25H,12H2,1H3,(H2,24,29)(H,26,27,28). The summed E-state index contributed by atoms with van der Waals surface area (Å²) in [6, 6.07) is 16.4. The highest BCUT2D eigenvalue weighted by atomic mass is 32.1. The maximum Gasteiger partial charge on any atom is 0.265 e. The second-order valence-corrected chi connectivity index (χ2v) is 7.79. The average Bonchev–Trinajstić information content (AvgIpc) is 3.45. The SMILES string of the molecule is Cc1ccc(Oc2ccc(OCC(=O)Nc3nc(-c4c[nH]c(C(N)=O)c4)cs3)cc2)cc1. The molecule has 0 unspecified atom stereocenters. The summed E-state index contributed by atoms with van der Waals surface area (Å²) < 4.78 is 11.3. The Balaban J connectivity index is 1.28. The van der Waals surface area contributed by atoms with Gasteiger partial charge in [-0.2, -0.15) is 0 Å². The number of aromatic nitrogens is 2. The van der Waals surface area contributed by atoms with Crippen LogP contribution in [0, 0.1) is 6.92 Å². The number of rotatable bonds is 8. The number of H-pyrrole nitrogens is 1. The van der Waals surface area contributed by atoms with E-state index >= 15 is 0 Å². The minimum atomic E-state index is -0.549. The van der Waals surface area contributed by atoms with Gasteiger partial charge in [0.05, 0.1) is 5.69 Å². The van der Waals surface area contributed by atoms with Gasteiger partial charge in [-0.1, -0.05) is 17.7 Å². The molecule has 0 fully saturated rings. The van der Waals surface area contributed by atoms with Crippen molar-refractivity contribution >= 4 is 28.3 Å². The van der Waals surface area contributed by atoms with Crippen LogP contribution in [-0.2, 0) is 4.79 Å². The van der Waals surface area contributed by atoms with Gasteiger partial charge in [-0.25, -0.2) is 4.98 Å². The number of anilines is 1. The van der Waals surface area contributed by atoms with Gasteiger partial charge in [0.1, 0.15) is 22.9 Å². The fourth-order valence-corrected chi connectivity index (χ4v) is 3.53. The van der Waals surface area contributed by atoms with Crippen molar-refractivity contribution < 1.29 is 19.1 Å². The molecule has 0 aliphatic heterocycles. The average molecular weight is 449 g/mol. The van der Waals surface area contributed by atoms with Crippen molar-refractivity contribution in [2.24, 2.45) is 5.73 Å². The highest BCUT2D eigenvalue weighted by Crippen LogP contribution is 2.26. The molecule has 2 aromatic carbocycles. The maximum absolute atomic E-state index is 12.2. The smallest absolute Gasteiger partial charge is 0.265 e. The van der Waals surface area contributed by atoms with Crippen molar-refractivity contribution in [3.63, 3.8) is 0 Å². The topological polar surface area (TPSA) is 119 Å². The Kier molecular flexibility index (Phi) is 6.18. The molecule has 0 radical (unpaired) electrons. The summed E-state index contributed by atoms with van der Waals surface area (Å²) in [4.78, 5) is 30.5. The molecule has 0 aliphatic rings. The number of aryl methyl sites for hydroxylation is 1. The molecule has 162 valence electrons. The molecule has 9 heteroatoms. The highest BCUT2D eigenvalue weighted by Gasteiger charge is 2.11. The molecule has 0 saturated carbocycles. The van der Waals surface area contributed by atoms with Gasteiger partial charge in [-0.15, -0.1) is 11.3 Å². The number of hydrogen-bond donors (Lipinski definition) is 3. The number of aromatic amines is 1. The van der Waals surface area contributed by atoms with E-state index in [1.807, 2.05) is 31.2 Å². The number of amides is 2. The lowest BCUT2D eigenvalue weighted by atomic mass is 10.2. The number of primary amides is 1. The molecule has 8 nitrogen and oxygen atoms in total. The van der Waals surface area contributed by atoms with Gasteiger partial charge in [0.25, 0.3) is 11.8 Å². The van der Waals surface area contributed by atoms with Crippen LogP contribution in [-0.4, -0.2) is 28.4 Å². The van der Waals surface area contributed by atoms with Crippen molar-refractivity contribution in [3.05, 3.63) is 77.4 Å². The van der Waals surface area contributed by atoms with Crippen molar-refractivity contribution in [1.29, 1.82) is 0 Å². The number of ether oxygens (including phenoxy) is 2. The minimum Gasteiger partial charge on any atom is -0.484 e. The Morgan fingerprint density at radius 2 is 1.72 bits per heavy atom. The molecule has 0 spiro atoms. The van der Waals surface area contributed by atoms with E-state index in [2.05, 4.69) is 15.3 Å². The van der Waals surface area contributed by atoms with Crippen LogP contribution in [0.3, 0.4) is 0 Å². The van der Waals surface area contributed by atoms with Gasteiger partial charge >= 0.3 is 0 Å². The van der Waals surface area contributed by atoms with Crippen LogP contribution in [0.1, 0.15) is 16.1 Å². The largest absolute Gasteiger partial charge is 0.484 e. The fourth-order valence-electron chi connectivity index (χ4n) is 2.80. The second-order valence-electron chi connectivity index (χ2n) is 6.93. The first-order valence-electron chi connectivity index (χ1n) is 9.67. The molecular weight excluding hydrogens is 428 g/mol. The molecule has 0 saturated heterocycles. The molecule has 2 heterocycles. The molecule has 4 rings (SSSR count). The van der Waals surface area contributed by atoms with Crippen LogP contribution >= 0.6 is 11.3 Å². The van der Waals surface area contributed by atoms with Crippen LogP contribution in [0.2, 0.25) is 0 Å². The minimum absolute atomic E-state index is 0.164. The zero-order chi connectivity index (χ0) is 22.5. The predicted octanol–water partition coefficient (Wildman–Crippen LogP) is 4.36. The monoisotopic (exact) mass is 448 g/mol. The van der Waals surface area contributed by atoms with E-state index in [0.29, 0.717) is 33.6 Å².